The monoisotopic (exact) mass is 138 g/mol. The van der Waals surface area contributed by atoms with Crippen LogP contribution in [0.4, 0.5) is 0 Å². The number of hydrogen-bond acceptors (Lipinski definition) is 1. The molecule has 0 atom stereocenters. The van der Waals surface area contributed by atoms with Gasteiger partial charge in [0, 0.05) is 12.1 Å². The summed E-state index contributed by atoms with van der Waals surface area (Å²) in [4.78, 5) is 2.94. The molecule has 2 nitrogen and oxygen atoms in total. The Kier molecular flexibility index (Phi) is 2.40. The van der Waals surface area contributed by atoms with E-state index in [1.807, 2.05) is 18.3 Å². The first-order chi connectivity index (χ1) is 4.86. The molecule has 0 fully saturated rings. The summed E-state index contributed by atoms with van der Waals surface area (Å²) in [6.07, 6.45) is 2.87. The fourth-order valence-corrected chi connectivity index (χ4v) is 0.881. The van der Waals surface area contributed by atoms with E-state index < -0.39 is 0 Å². The smallest absolute Gasteiger partial charge is 0.205 e. The van der Waals surface area contributed by atoms with Gasteiger partial charge in [0.25, 0.3) is 0 Å². The number of nitrogens with one attached hydrogen (secondary N) is 1. The molecule has 0 saturated carbocycles. The molecule has 1 aromatic rings. The van der Waals surface area contributed by atoms with E-state index in [1.54, 1.807) is 0 Å². The average molecular weight is 138 g/mol. The van der Waals surface area contributed by atoms with Gasteiger partial charge in [0.1, 0.15) is 6.61 Å². The summed E-state index contributed by atoms with van der Waals surface area (Å²) in [5.41, 5.74) is 2.13. The number of aliphatic hydroxyl groups is 1. The molecule has 2 heteroatoms. The molecule has 0 aliphatic carbocycles. The fourth-order valence-electron chi connectivity index (χ4n) is 0.881. The molecule has 54 valence electrons. The van der Waals surface area contributed by atoms with Crippen LogP contribution < -0.4 is 4.98 Å². The first kappa shape index (κ1) is 7.22. The van der Waals surface area contributed by atoms with Crippen LogP contribution in [0.5, 0.6) is 0 Å². The highest BCUT2D eigenvalue weighted by molar-refractivity contribution is 5.11. The lowest BCUT2D eigenvalue weighted by Crippen LogP contribution is -2.09. The summed E-state index contributed by atoms with van der Waals surface area (Å²) >= 11 is 0. The fraction of sp³-hybridized carbons (Fsp3) is 0.375. The van der Waals surface area contributed by atoms with Crippen molar-refractivity contribution < 1.29 is 10.1 Å². The Morgan fingerprint density at radius 1 is 1.60 bits per heavy atom. The summed E-state index contributed by atoms with van der Waals surface area (Å²) < 4.78 is 0. The van der Waals surface area contributed by atoms with Crippen molar-refractivity contribution in [2.45, 2.75) is 20.0 Å². The molecule has 0 unspecified atom stereocenters. The quantitative estimate of drug-likeness (QED) is 0.636. The Labute approximate surface area is 60.5 Å². The second-order valence-electron chi connectivity index (χ2n) is 2.23. The van der Waals surface area contributed by atoms with E-state index in [2.05, 4.69) is 11.9 Å². The van der Waals surface area contributed by atoms with E-state index in [0.717, 1.165) is 12.1 Å². The Morgan fingerprint density at radius 3 is 3.00 bits per heavy atom. The highest BCUT2D eigenvalue weighted by Crippen LogP contribution is 1.98. The van der Waals surface area contributed by atoms with Gasteiger partial charge >= 0.3 is 0 Å². The van der Waals surface area contributed by atoms with Crippen molar-refractivity contribution in [1.29, 1.82) is 0 Å². The lowest BCUT2D eigenvalue weighted by atomic mass is 10.2. The molecule has 0 radical (unpaired) electrons. The summed E-state index contributed by atoms with van der Waals surface area (Å²) in [7, 11) is 0. The second-order valence-corrected chi connectivity index (χ2v) is 2.23. The van der Waals surface area contributed by atoms with E-state index in [0.29, 0.717) is 0 Å². The molecule has 0 aromatic carbocycles. The van der Waals surface area contributed by atoms with E-state index in [4.69, 9.17) is 5.11 Å². The average Bonchev–Trinajstić information content (AvgIpc) is 2.05. The van der Waals surface area contributed by atoms with Crippen LogP contribution in [0.15, 0.2) is 18.3 Å². The van der Waals surface area contributed by atoms with Crippen LogP contribution in [0.25, 0.3) is 0 Å². The summed E-state index contributed by atoms with van der Waals surface area (Å²) in [6.45, 7) is 2.18. The summed E-state index contributed by atoms with van der Waals surface area (Å²) in [5.74, 6) is 0. The third-order valence-electron chi connectivity index (χ3n) is 1.50. The van der Waals surface area contributed by atoms with Crippen LogP contribution in [-0.4, -0.2) is 5.11 Å². The topological polar surface area (TPSA) is 34.4 Å². The van der Waals surface area contributed by atoms with E-state index in [-0.39, 0.29) is 6.61 Å². The summed E-state index contributed by atoms with van der Waals surface area (Å²) in [6, 6.07) is 3.99. The standard InChI is InChI=1S/C8H11NO/c1-2-7-3-4-9-8(5-7)6-10/h3-5,10H,2,6H2,1H3/p+1. The van der Waals surface area contributed by atoms with Gasteiger partial charge in [-0.1, -0.05) is 6.92 Å². The van der Waals surface area contributed by atoms with Gasteiger partial charge in [0.15, 0.2) is 6.20 Å². The Balaban J connectivity index is 2.87. The zero-order valence-electron chi connectivity index (χ0n) is 6.09. The molecule has 2 N–H and O–H groups in total. The minimum atomic E-state index is 0.0911. The van der Waals surface area contributed by atoms with Gasteiger partial charge in [0.2, 0.25) is 5.69 Å². The maximum absolute atomic E-state index is 8.73. The van der Waals surface area contributed by atoms with Crippen molar-refractivity contribution in [2.75, 3.05) is 0 Å². The molecule has 0 amide bonds. The van der Waals surface area contributed by atoms with Crippen molar-refractivity contribution in [3.63, 3.8) is 0 Å². The first-order valence-electron chi connectivity index (χ1n) is 3.47. The van der Waals surface area contributed by atoms with Crippen molar-refractivity contribution in [2.24, 2.45) is 0 Å². The maximum Gasteiger partial charge on any atom is 0.205 e. The van der Waals surface area contributed by atoms with Crippen molar-refractivity contribution >= 4 is 0 Å². The number of hydrogen-bond donors (Lipinski definition) is 1. The number of aliphatic hydroxyl groups excluding tert-OH is 1. The van der Waals surface area contributed by atoms with Gasteiger partial charge in [-0.15, -0.1) is 0 Å². The Morgan fingerprint density at radius 2 is 2.40 bits per heavy atom. The molecule has 0 aliphatic rings. The third kappa shape index (κ3) is 1.54. The van der Waals surface area contributed by atoms with E-state index in [1.165, 1.54) is 5.56 Å². The molecular formula is C8H12NO+. The molecule has 1 aromatic heterocycles. The van der Waals surface area contributed by atoms with Crippen LogP contribution in [0.3, 0.4) is 0 Å². The molecule has 0 saturated heterocycles. The van der Waals surface area contributed by atoms with Gasteiger partial charge < -0.3 is 5.11 Å². The van der Waals surface area contributed by atoms with Gasteiger partial charge in [-0.2, -0.15) is 0 Å². The number of pyridine rings is 1. The van der Waals surface area contributed by atoms with Crippen LogP contribution in [0, 0.1) is 0 Å². The van der Waals surface area contributed by atoms with Crippen LogP contribution in [0.2, 0.25) is 0 Å². The highest BCUT2D eigenvalue weighted by atomic mass is 16.3. The molecule has 0 spiro atoms. The molecule has 1 heterocycles. The number of H-pyrrole nitrogens is 1. The second kappa shape index (κ2) is 3.32. The normalized spacial score (nSPS) is 9.80. The van der Waals surface area contributed by atoms with Gasteiger partial charge in [0.05, 0.1) is 0 Å². The molecular weight excluding hydrogens is 126 g/mol. The Hall–Kier alpha value is -0.890. The van der Waals surface area contributed by atoms with Crippen LogP contribution >= 0.6 is 0 Å². The van der Waals surface area contributed by atoms with E-state index >= 15 is 0 Å². The van der Waals surface area contributed by atoms with Gasteiger partial charge in [-0.25, -0.2) is 4.98 Å². The van der Waals surface area contributed by atoms with Gasteiger partial charge in [-0.05, 0) is 12.0 Å². The van der Waals surface area contributed by atoms with Crippen LogP contribution in [-0.2, 0) is 13.0 Å². The zero-order chi connectivity index (χ0) is 7.40. The summed E-state index contributed by atoms with van der Waals surface area (Å²) in [5, 5.41) is 8.73. The van der Waals surface area contributed by atoms with E-state index in [9.17, 15) is 0 Å². The number of aromatic nitrogens is 1. The first-order valence-corrected chi connectivity index (χ1v) is 3.47. The largest absolute Gasteiger partial charge is 0.385 e. The predicted octanol–water partition coefficient (Wildman–Crippen LogP) is 0.555. The SMILES string of the molecule is CCc1cc[nH+]c(CO)c1. The maximum atomic E-state index is 8.73. The molecule has 0 aliphatic heterocycles. The lowest BCUT2D eigenvalue weighted by Gasteiger charge is -1.92. The number of rotatable bonds is 2. The third-order valence-corrected chi connectivity index (χ3v) is 1.50. The van der Waals surface area contributed by atoms with Crippen molar-refractivity contribution in [3.05, 3.63) is 29.6 Å². The predicted molar refractivity (Wildman–Crippen MR) is 38.3 cm³/mol. The zero-order valence-corrected chi connectivity index (χ0v) is 6.09. The molecule has 10 heavy (non-hydrogen) atoms. The van der Waals surface area contributed by atoms with Crippen molar-refractivity contribution in [1.82, 2.24) is 0 Å². The lowest BCUT2D eigenvalue weighted by molar-refractivity contribution is -0.395. The number of aryl methyl sites for hydroxylation is 1. The van der Waals surface area contributed by atoms with Gasteiger partial charge in [-0.3, -0.25) is 0 Å². The minimum Gasteiger partial charge on any atom is -0.385 e. The van der Waals surface area contributed by atoms with Crippen LogP contribution in [0.1, 0.15) is 18.2 Å². The number of aromatic amines is 1. The molecule has 1 rings (SSSR count). The molecule has 0 bridgehead atoms. The highest BCUT2D eigenvalue weighted by Gasteiger charge is 1.97. The Bertz CT molecular complexity index is 191. The van der Waals surface area contributed by atoms with Crippen molar-refractivity contribution in [3.8, 4) is 0 Å². The minimum absolute atomic E-state index is 0.0911.